The summed E-state index contributed by atoms with van der Waals surface area (Å²) in [5.41, 5.74) is 1.65. The SMILES string of the molecule is COc1cc2oc(CCc3ccccc3)cc(=O)c2cc1OC. The average Bonchev–Trinajstić information content (AvgIpc) is 2.59. The van der Waals surface area contributed by atoms with Crippen LogP contribution in [0.2, 0.25) is 0 Å². The summed E-state index contributed by atoms with van der Waals surface area (Å²) >= 11 is 0. The van der Waals surface area contributed by atoms with Crippen molar-refractivity contribution in [2.24, 2.45) is 0 Å². The molecule has 0 saturated heterocycles. The average molecular weight is 310 g/mol. The summed E-state index contributed by atoms with van der Waals surface area (Å²) < 4.78 is 16.4. The third-order valence-corrected chi connectivity index (χ3v) is 3.79. The van der Waals surface area contributed by atoms with Crippen LogP contribution in [-0.2, 0) is 12.8 Å². The van der Waals surface area contributed by atoms with Gasteiger partial charge in [0.1, 0.15) is 11.3 Å². The van der Waals surface area contributed by atoms with Crippen molar-refractivity contribution < 1.29 is 13.9 Å². The molecule has 0 bridgehead atoms. The Morgan fingerprint density at radius 2 is 1.61 bits per heavy atom. The Balaban J connectivity index is 1.95. The fraction of sp³-hybridized carbons (Fsp3) is 0.211. The molecule has 118 valence electrons. The summed E-state index contributed by atoms with van der Waals surface area (Å²) in [6, 6.07) is 15.0. The van der Waals surface area contributed by atoms with E-state index in [2.05, 4.69) is 12.1 Å². The number of hydrogen-bond acceptors (Lipinski definition) is 4. The van der Waals surface area contributed by atoms with Crippen LogP contribution in [0.3, 0.4) is 0 Å². The lowest BCUT2D eigenvalue weighted by Crippen LogP contribution is -2.04. The largest absolute Gasteiger partial charge is 0.493 e. The molecule has 0 aliphatic carbocycles. The van der Waals surface area contributed by atoms with Crippen molar-refractivity contribution in [1.29, 1.82) is 0 Å². The molecule has 23 heavy (non-hydrogen) atoms. The van der Waals surface area contributed by atoms with E-state index in [0.29, 0.717) is 34.6 Å². The molecule has 1 heterocycles. The smallest absolute Gasteiger partial charge is 0.193 e. The Morgan fingerprint density at radius 3 is 2.30 bits per heavy atom. The normalized spacial score (nSPS) is 10.7. The lowest BCUT2D eigenvalue weighted by Gasteiger charge is -2.09. The molecule has 0 aliphatic rings. The van der Waals surface area contributed by atoms with E-state index in [4.69, 9.17) is 13.9 Å². The number of methoxy groups -OCH3 is 2. The summed E-state index contributed by atoms with van der Waals surface area (Å²) in [4.78, 5) is 12.3. The maximum Gasteiger partial charge on any atom is 0.193 e. The zero-order valence-electron chi connectivity index (χ0n) is 13.2. The topological polar surface area (TPSA) is 48.7 Å². The van der Waals surface area contributed by atoms with Gasteiger partial charge in [-0.3, -0.25) is 4.79 Å². The van der Waals surface area contributed by atoms with Crippen molar-refractivity contribution >= 4 is 11.0 Å². The van der Waals surface area contributed by atoms with Gasteiger partial charge < -0.3 is 13.9 Å². The van der Waals surface area contributed by atoms with Crippen LogP contribution in [0, 0.1) is 0 Å². The Bertz CT molecular complexity index is 866. The molecular formula is C19H18O4. The molecule has 3 aromatic rings. The summed E-state index contributed by atoms with van der Waals surface area (Å²) in [6.07, 6.45) is 1.49. The van der Waals surface area contributed by atoms with Gasteiger partial charge in [0.25, 0.3) is 0 Å². The zero-order chi connectivity index (χ0) is 16.2. The Labute approximate surface area is 134 Å². The van der Waals surface area contributed by atoms with Crippen LogP contribution in [0.4, 0.5) is 0 Å². The van der Waals surface area contributed by atoms with Gasteiger partial charge >= 0.3 is 0 Å². The van der Waals surface area contributed by atoms with Gasteiger partial charge in [0.15, 0.2) is 16.9 Å². The maximum absolute atomic E-state index is 12.3. The second-order valence-electron chi connectivity index (χ2n) is 5.27. The maximum atomic E-state index is 12.3. The highest BCUT2D eigenvalue weighted by Gasteiger charge is 2.11. The van der Waals surface area contributed by atoms with Crippen LogP contribution in [0.1, 0.15) is 11.3 Å². The van der Waals surface area contributed by atoms with E-state index < -0.39 is 0 Å². The number of ether oxygens (including phenoxy) is 2. The third kappa shape index (κ3) is 3.21. The number of rotatable bonds is 5. The molecule has 0 unspecified atom stereocenters. The molecule has 4 nitrogen and oxygen atoms in total. The fourth-order valence-corrected chi connectivity index (χ4v) is 2.57. The second kappa shape index (κ2) is 6.57. The van der Waals surface area contributed by atoms with Crippen LogP contribution >= 0.6 is 0 Å². The lowest BCUT2D eigenvalue weighted by atomic mass is 10.1. The van der Waals surface area contributed by atoms with Crippen molar-refractivity contribution in [3.8, 4) is 11.5 Å². The van der Waals surface area contributed by atoms with Crippen LogP contribution in [0.15, 0.2) is 57.7 Å². The molecular weight excluding hydrogens is 292 g/mol. The molecule has 0 atom stereocenters. The van der Waals surface area contributed by atoms with E-state index in [1.54, 1.807) is 32.4 Å². The van der Waals surface area contributed by atoms with E-state index in [-0.39, 0.29) is 5.43 Å². The van der Waals surface area contributed by atoms with E-state index in [9.17, 15) is 4.79 Å². The first-order valence-corrected chi connectivity index (χ1v) is 7.44. The molecule has 0 saturated carbocycles. The van der Waals surface area contributed by atoms with E-state index in [1.165, 1.54) is 5.56 Å². The molecule has 1 aromatic heterocycles. The molecule has 0 aliphatic heterocycles. The van der Waals surface area contributed by atoms with E-state index in [1.807, 2.05) is 18.2 Å². The molecule has 0 amide bonds. The van der Waals surface area contributed by atoms with Crippen molar-refractivity contribution in [3.05, 3.63) is 70.1 Å². The highest BCUT2D eigenvalue weighted by atomic mass is 16.5. The predicted octanol–water partition coefficient (Wildman–Crippen LogP) is 3.60. The minimum absolute atomic E-state index is 0.0738. The van der Waals surface area contributed by atoms with Crippen molar-refractivity contribution in [1.82, 2.24) is 0 Å². The number of benzene rings is 2. The van der Waals surface area contributed by atoms with Gasteiger partial charge in [0.2, 0.25) is 0 Å². The molecule has 3 rings (SSSR count). The van der Waals surface area contributed by atoms with E-state index in [0.717, 1.165) is 6.42 Å². The Morgan fingerprint density at radius 1 is 0.913 bits per heavy atom. The quantitative estimate of drug-likeness (QED) is 0.722. The molecule has 0 fully saturated rings. The second-order valence-corrected chi connectivity index (χ2v) is 5.27. The van der Waals surface area contributed by atoms with Gasteiger partial charge in [-0.15, -0.1) is 0 Å². The van der Waals surface area contributed by atoms with Crippen LogP contribution in [0.5, 0.6) is 11.5 Å². The Hall–Kier alpha value is -2.75. The minimum Gasteiger partial charge on any atom is -0.493 e. The van der Waals surface area contributed by atoms with Gasteiger partial charge in [0, 0.05) is 18.6 Å². The summed E-state index contributed by atoms with van der Waals surface area (Å²) in [7, 11) is 3.10. The van der Waals surface area contributed by atoms with Gasteiger partial charge in [-0.1, -0.05) is 30.3 Å². The number of fused-ring (bicyclic) bond motifs is 1. The molecule has 4 heteroatoms. The van der Waals surface area contributed by atoms with Crippen LogP contribution in [0.25, 0.3) is 11.0 Å². The highest BCUT2D eigenvalue weighted by Crippen LogP contribution is 2.31. The minimum atomic E-state index is -0.0738. The number of hydrogen-bond donors (Lipinski definition) is 0. The summed E-state index contributed by atoms with van der Waals surface area (Å²) in [5, 5.41) is 0.492. The monoisotopic (exact) mass is 310 g/mol. The van der Waals surface area contributed by atoms with Crippen LogP contribution < -0.4 is 14.9 Å². The first-order valence-electron chi connectivity index (χ1n) is 7.44. The van der Waals surface area contributed by atoms with Gasteiger partial charge in [-0.05, 0) is 18.1 Å². The third-order valence-electron chi connectivity index (χ3n) is 3.79. The van der Waals surface area contributed by atoms with Crippen LogP contribution in [-0.4, -0.2) is 14.2 Å². The Kier molecular flexibility index (Phi) is 4.33. The fourth-order valence-electron chi connectivity index (χ4n) is 2.57. The molecule has 0 spiro atoms. The van der Waals surface area contributed by atoms with E-state index >= 15 is 0 Å². The molecule has 0 N–H and O–H groups in total. The predicted molar refractivity (Wildman–Crippen MR) is 89.4 cm³/mol. The van der Waals surface area contributed by atoms with Crippen molar-refractivity contribution in [3.63, 3.8) is 0 Å². The van der Waals surface area contributed by atoms with Crippen molar-refractivity contribution in [2.75, 3.05) is 14.2 Å². The van der Waals surface area contributed by atoms with Gasteiger partial charge in [-0.2, -0.15) is 0 Å². The van der Waals surface area contributed by atoms with Gasteiger partial charge in [0.05, 0.1) is 19.6 Å². The summed E-state index contributed by atoms with van der Waals surface area (Å²) in [6.45, 7) is 0. The first-order chi connectivity index (χ1) is 11.2. The lowest BCUT2D eigenvalue weighted by molar-refractivity contribution is 0.355. The zero-order valence-corrected chi connectivity index (χ0v) is 13.2. The first kappa shape index (κ1) is 15.2. The standard InChI is InChI=1S/C19H18O4/c1-21-18-11-15-16(20)10-14(23-17(15)12-19(18)22-2)9-8-13-6-4-3-5-7-13/h3-7,10-12H,8-9H2,1-2H3. The number of aryl methyl sites for hydroxylation is 2. The summed E-state index contributed by atoms with van der Waals surface area (Å²) in [5.74, 6) is 1.73. The molecule has 2 aromatic carbocycles. The van der Waals surface area contributed by atoms with Gasteiger partial charge in [-0.25, -0.2) is 0 Å². The molecule has 0 radical (unpaired) electrons. The van der Waals surface area contributed by atoms with Crippen molar-refractivity contribution in [2.45, 2.75) is 12.8 Å². The highest BCUT2D eigenvalue weighted by molar-refractivity contribution is 5.80.